The second-order valence-corrected chi connectivity index (χ2v) is 6.18. The van der Waals surface area contributed by atoms with Gasteiger partial charge in [-0.25, -0.2) is 4.98 Å². The highest BCUT2D eigenvalue weighted by atomic mass is 32.1. The summed E-state index contributed by atoms with van der Waals surface area (Å²) in [5.74, 6) is -0.0588. The van der Waals surface area contributed by atoms with E-state index in [-0.39, 0.29) is 12.5 Å². The number of nitrogens with zero attached hydrogens (tertiary/aromatic N) is 3. The first-order valence-corrected chi connectivity index (χ1v) is 7.84. The molecule has 2 heterocycles. The van der Waals surface area contributed by atoms with Gasteiger partial charge in [-0.15, -0.1) is 11.3 Å². The maximum atomic E-state index is 12.7. The van der Waals surface area contributed by atoms with Gasteiger partial charge in [0.05, 0.1) is 30.1 Å². The normalized spacial score (nSPS) is 11.0. The Kier molecular flexibility index (Phi) is 4.22. The van der Waals surface area contributed by atoms with Crippen molar-refractivity contribution >= 4 is 27.3 Å². The number of amides is 1. The van der Waals surface area contributed by atoms with Crippen LogP contribution in [0.5, 0.6) is 0 Å². The molecule has 2 aromatic heterocycles. The molecular formula is C16H17N3O2S. The van der Waals surface area contributed by atoms with Gasteiger partial charge in [0.1, 0.15) is 0 Å². The maximum Gasteiger partial charge on any atom is 0.264 e. The molecule has 0 bridgehead atoms. The number of aliphatic hydroxyl groups is 1. The van der Waals surface area contributed by atoms with Crippen LogP contribution in [0.3, 0.4) is 0 Å². The minimum Gasteiger partial charge on any atom is -0.395 e. The summed E-state index contributed by atoms with van der Waals surface area (Å²) in [6.07, 6.45) is 3.44. The van der Waals surface area contributed by atoms with Crippen LogP contribution in [-0.4, -0.2) is 38.6 Å². The maximum absolute atomic E-state index is 12.7. The number of carbonyl (C=O) groups is 1. The van der Waals surface area contributed by atoms with E-state index in [1.54, 1.807) is 17.4 Å². The first-order valence-electron chi connectivity index (χ1n) is 7.03. The Morgan fingerprint density at radius 2 is 2.23 bits per heavy atom. The Morgan fingerprint density at radius 3 is 2.91 bits per heavy atom. The van der Waals surface area contributed by atoms with Crippen LogP contribution in [0, 0.1) is 0 Å². The Bertz CT molecular complexity index is 760. The van der Waals surface area contributed by atoms with Crippen molar-refractivity contribution in [1.29, 1.82) is 0 Å². The third kappa shape index (κ3) is 2.88. The van der Waals surface area contributed by atoms with Crippen molar-refractivity contribution in [3.63, 3.8) is 0 Å². The molecule has 3 rings (SSSR count). The smallest absolute Gasteiger partial charge is 0.264 e. The van der Waals surface area contributed by atoms with Crippen molar-refractivity contribution < 1.29 is 9.90 Å². The summed E-state index contributed by atoms with van der Waals surface area (Å²) >= 11 is 1.48. The number of carbonyl (C=O) groups excluding carboxylic acids is 1. The predicted molar refractivity (Wildman–Crippen MR) is 86.9 cm³/mol. The Morgan fingerprint density at radius 1 is 1.41 bits per heavy atom. The molecule has 0 spiro atoms. The van der Waals surface area contributed by atoms with E-state index >= 15 is 0 Å². The van der Waals surface area contributed by atoms with Gasteiger partial charge in [0.15, 0.2) is 0 Å². The number of aromatic nitrogens is 2. The largest absolute Gasteiger partial charge is 0.395 e. The van der Waals surface area contributed by atoms with E-state index in [4.69, 9.17) is 0 Å². The highest BCUT2D eigenvalue weighted by molar-refractivity contribution is 7.20. The van der Waals surface area contributed by atoms with Crippen LogP contribution in [0.2, 0.25) is 0 Å². The molecule has 22 heavy (non-hydrogen) atoms. The van der Waals surface area contributed by atoms with E-state index in [1.165, 1.54) is 11.3 Å². The van der Waals surface area contributed by atoms with Gasteiger partial charge >= 0.3 is 0 Å². The molecule has 0 atom stereocenters. The summed E-state index contributed by atoms with van der Waals surface area (Å²) in [5.41, 5.74) is 0.933. The zero-order valence-electron chi connectivity index (χ0n) is 12.3. The fraction of sp³-hybridized carbons (Fsp3) is 0.250. The fourth-order valence-electron chi connectivity index (χ4n) is 2.35. The summed E-state index contributed by atoms with van der Waals surface area (Å²) in [6.45, 7) is 0.677. The molecule has 1 N–H and O–H groups in total. The molecule has 0 saturated carbocycles. The molecule has 0 aliphatic heterocycles. The number of hydrogen-bond acceptors (Lipinski definition) is 4. The van der Waals surface area contributed by atoms with Crippen LogP contribution in [0.15, 0.2) is 42.9 Å². The molecule has 114 valence electrons. The van der Waals surface area contributed by atoms with Crippen molar-refractivity contribution in [3.05, 3.63) is 53.4 Å². The summed E-state index contributed by atoms with van der Waals surface area (Å²) < 4.78 is 2.97. The molecule has 0 aliphatic rings. The Balaban J connectivity index is 1.87. The average Bonchev–Trinajstić information content (AvgIpc) is 3.12. The fourth-order valence-corrected chi connectivity index (χ4v) is 3.38. The number of benzene rings is 1. The van der Waals surface area contributed by atoms with Crippen molar-refractivity contribution in [3.8, 4) is 0 Å². The molecule has 1 aromatic carbocycles. The standard InChI is InChI=1S/C16H17N3O2S/c1-18-11-17-9-13(18)10-19(6-7-20)16(21)15-8-12-4-2-3-5-14(12)22-15/h2-5,8-9,11,20H,6-7,10H2,1H3. The summed E-state index contributed by atoms with van der Waals surface area (Å²) in [7, 11) is 1.89. The second kappa shape index (κ2) is 6.29. The van der Waals surface area contributed by atoms with Gasteiger partial charge in [-0.2, -0.15) is 0 Å². The third-order valence-electron chi connectivity index (χ3n) is 3.56. The zero-order valence-corrected chi connectivity index (χ0v) is 13.1. The van der Waals surface area contributed by atoms with Crippen LogP contribution >= 0.6 is 11.3 Å². The highest BCUT2D eigenvalue weighted by Gasteiger charge is 2.19. The highest BCUT2D eigenvalue weighted by Crippen LogP contribution is 2.26. The number of thiophene rings is 1. The molecule has 0 saturated heterocycles. The lowest BCUT2D eigenvalue weighted by molar-refractivity contribution is 0.0709. The monoisotopic (exact) mass is 315 g/mol. The van der Waals surface area contributed by atoms with Gasteiger partial charge in [-0.05, 0) is 17.5 Å². The number of imidazole rings is 1. The van der Waals surface area contributed by atoms with E-state index in [2.05, 4.69) is 4.98 Å². The summed E-state index contributed by atoms with van der Waals surface area (Å²) in [4.78, 5) is 19.2. The molecule has 5 nitrogen and oxygen atoms in total. The number of aliphatic hydroxyl groups excluding tert-OH is 1. The number of rotatable bonds is 5. The number of hydrogen-bond donors (Lipinski definition) is 1. The SMILES string of the molecule is Cn1cncc1CN(CCO)C(=O)c1cc2ccccc2s1. The molecule has 1 amide bonds. The molecule has 0 radical (unpaired) electrons. The van der Waals surface area contributed by atoms with Gasteiger partial charge < -0.3 is 14.6 Å². The van der Waals surface area contributed by atoms with E-state index in [9.17, 15) is 9.90 Å². The van der Waals surface area contributed by atoms with Crippen LogP contribution in [0.25, 0.3) is 10.1 Å². The van der Waals surface area contributed by atoms with E-state index in [0.29, 0.717) is 18.0 Å². The Labute approximate surface area is 132 Å². The quantitative estimate of drug-likeness (QED) is 0.786. The van der Waals surface area contributed by atoms with Gasteiger partial charge in [0.25, 0.3) is 5.91 Å². The molecule has 0 unspecified atom stereocenters. The van der Waals surface area contributed by atoms with Crippen LogP contribution in [-0.2, 0) is 13.6 Å². The Hall–Kier alpha value is -2.18. The lowest BCUT2D eigenvalue weighted by Gasteiger charge is -2.21. The topological polar surface area (TPSA) is 58.4 Å². The van der Waals surface area contributed by atoms with E-state index < -0.39 is 0 Å². The average molecular weight is 315 g/mol. The van der Waals surface area contributed by atoms with Gasteiger partial charge in [-0.1, -0.05) is 18.2 Å². The molecule has 0 aliphatic carbocycles. The van der Waals surface area contributed by atoms with Gasteiger partial charge in [0.2, 0.25) is 0 Å². The first-order chi connectivity index (χ1) is 10.7. The third-order valence-corrected chi connectivity index (χ3v) is 4.67. The number of fused-ring (bicyclic) bond motifs is 1. The van der Waals surface area contributed by atoms with Gasteiger partial charge in [0, 0.05) is 24.5 Å². The molecule has 6 heteroatoms. The van der Waals surface area contributed by atoms with E-state index in [1.807, 2.05) is 41.9 Å². The van der Waals surface area contributed by atoms with Gasteiger partial charge in [-0.3, -0.25) is 4.79 Å². The van der Waals surface area contributed by atoms with Crippen molar-refractivity contribution in [2.45, 2.75) is 6.54 Å². The minimum atomic E-state index is -0.0610. The minimum absolute atomic E-state index is 0.0588. The number of aryl methyl sites for hydroxylation is 1. The summed E-state index contributed by atoms with van der Waals surface area (Å²) in [6, 6.07) is 9.85. The molecule has 0 fully saturated rings. The zero-order chi connectivity index (χ0) is 15.5. The van der Waals surface area contributed by atoms with Crippen molar-refractivity contribution in [2.75, 3.05) is 13.2 Å². The van der Waals surface area contributed by atoms with Crippen LogP contribution < -0.4 is 0 Å². The lowest BCUT2D eigenvalue weighted by atomic mass is 10.2. The predicted octanol–water partition coefficient (Wildman–Crippen LogP) is 2.27. The van der Waals surface area contributed by atoms with Crippen molar-refractivity contribution in [2.24, 2.45) is 7.05 Å². The molecular weight excluding hydrogens is 298 g/mol. The summed E-state index contributed by atoms with van der Waals surface area (Å²) in [5, 5.41) is 10.3. The molecule has 3 aromatic rings. The van der Waals surface area contributed by atoms with Crippen LogP contribution in [0.1, 0.15) is 15.4 Å². The lowest BCUT2D eigenvalue weighted by Crippen LogP contribution is -2.33. The second-order valence-electron chi connectivity index (χ2n) is 5.09. The van der Waals surface area contributed by atoms with Crippen LogP contribution in [0.4, 0.5) is 0 Å². The van der Waals surface area contributed by atoms with Crippen molar-refractivity contribution in [1.82, 2.24) is 14.5 Å². The first kappa shape index (κ1) is 14.7. The van der Waals surface area contributed by atoms with E-state index in [0.717, 1.165) is 15.8 Å².